The summed E-state index contributed by atoms with van der Waals surface area (Å²) >= 11 is 12.1. The summed E-state index contributed by atoms with van der Waals surface area (Å²) in [6.07, 6.45) is 1.39. The molecule has 3 aromatic carbocycles. The quantitative estimate of drug-likeness (QED) is 0.293. The number of benzene rings is 3. The first-order chi connectivity index (χ1) is 17.8. The zero-order valence-electron chi connectivity index (χ0n) is 19.9. The van der Waals surface area contributed by atoms with E-state index in [0.29, 0.717) is 39.5 Å². The van der Waals surface area contributed by atoms with Crippen molar-refractivity contribution in [1.29, 1.82) is 0 Å². The Balaban J connectivity index is 1.53. The summed E-state index contributed by atoms with van der Waals surface area (Å²) in [7, 11) is 1.49. The first kappa shape index (κ1) is 26.1. The molecule has 0 aliphatic carbocycles. The van der Waals surface area contributed by atoms with Crippen molar-refractivity contribution in [2.75, 3.05) is 18.6 Å². The summed E-state index contributed by atoms with van der Waals surface area (Å²) in [6.45, 7) is 2.50. The molecule has 4 amide bonds. The molecule has 0 unspecified atom stereocenters. The number of anilines is 1. The van der Waals surface area contributed by atoms with Crippen LogP contribution in [0.15, 0.2) is 66.2 Å². The zero-order valence-corrected chi connectivity index (χ0v) is 21.4. The topological polar surface area (TPSA) is 94.2 Å². The highest BCUT2D eigenvalue weighted by molar-refractivity contribution is 6.39. The molecule has 190 valence electrons. The number of nitrogens with one attached hydrogen (secondary N) is 1. The fraction of sp³-hybridized carbons (Fsp3) is 0.148. The molecule has 1 N–H and O–H groups in total. The molecule has 1 fully saturated rings. The van der Waals surface area contributed by atoms with Crippen LogP contribution in [0.3, 0.4) is 0 Å². The second-order valence-electron chi connectivity index (χ2n) is 7.82. The summed E-state index contributed by atoms with van der Waals surface area (Å²) in [5.74, 6) is -0.0811. The van der Waals surface area contributed by atoms with E-state index in [1.165, 1.54) is 13.2 Å². The molecule has 1 aliphatic rings. The standard InChI is InChI=1S/C27H22Cl2N2O6/c1-3-36-23-11-4-16(13-24(23)35-2)12-21-25(32)30-27(34)31(26(21)33)19-7-9-20(10-8-19)37-15-17-5-6-18(28)14-22(17)29/h4-14H,3,15H2,1-2H3,(H,30,32,34)/b21-12+. The highest BCUT2D eigenvalue weighted by atomic mass is 35.5. The van der Waals surface area contributed by atoms with Crippen LogP contribution in [0.5, 0.6) is 17.2 Å². The van der Waals surface area contributed by atoms with Gasteiger partial charge in [-0.1, -0.05) is 35.3 Å². The number of nitrogens with zero attached hydrogens (tertiary/aromatic N) is 1. The lowest BCUT2D eigenvalue weighted by atomic mass is 10.1. The number of rotatable bonds is 8. The van der Waals surface area contributed by atoms with Crippen LogP contribution in [0.2, 0.25) is 10.0 Å². The molecular weight excluding hydrogens is 519 g/mol. The van der Waals surface area contributed by atoms with Crippen molar-refractivity contribution in [3.05, 3.63) is 87.4 Å². The number of amides is 4. The largest absolute Gasteiger partial charge is 0.493 e. The molecule has 1 heterocycles. The molecule has 37 heavy (non-hydrogen) atoms. The molecule has 4 rings (SSSR count). The monoisotopic (exact) mass is 540 g/mol. The van der Waals surface area contributed by atoms with Gasteiger partial charge in [0.05, 0.1) is 19.4 Å². The number of carbonyl (C=O) groups is 3. The Labute approximate surface area is 223 Å². The van der Waals surface area contributed by atoms with Gasteiger partial charge in [-0.2, -0.15) is 0 Å². The van der Waals surface area contributed by atoms with Crippen molar-refractivity contribution in [2.45, 2.75) is 13.5 Å². The molecule has 0 bridgehead atoms. The number of methoxy groups -OCH3 is 1. The molecule has 1 aliphatic heterocycles. The van der Waals surface area contributed by atoms with Crippen molar-refractivity contribution in [3.8, 4) is 17.2 Å². The highest BCUT2D eigenvalue weighted by Crippen LogP contribution is 2.30. The van der Waals surface area contributed by atoms with E-state index in [9.17, 15) is 14.4 Å². The Kier molecular flexibility index (Phi) is 8.01. The molecule has 0 spiro atoms. The van der Waals surface area contributed by atoms with Crippen molar-refractivity contribution < 1.29 is 28.6 Å². The van der Waals surface area contributed by atoms with Crippen LogP contribution in [-0.2, 0) is 16.2 Å². The number of halogens is 2. The van der Waals surface area contributed by atoms with Gasteiger partial charge in [0.2, 0.25) is 0 Å². The van der Waals surface area contributed by atoms with Crippen LogP contribution < -0.4 is 24.4 Å². The highest BCUT2D eigenvalue weighted by Gasteiger charge is 2.36. The number of hydrogen-bond donors (Lipinski definition) is 1. The SMILES string of the molecule is CCOc1ccc(/C=C2\C(=O)NC(=O)N(c3ccc(OCc4ccc(Cl)cc4Cl)cc3)C2=O)cc1OC. The van der Waals surface area contributed by atoms with E-state index in [4.69, 9.17) is 37.4 Å². The Morgan fingerprint density at radius 1 is 0.919 bits per heavy atom. The first-order valence-electron chi connectivity index (χ1n) is 11.2. The molecule has 0 radical (unpaired) electrons. The lowest BCUT2D eigenvalue weighted by Crippen LogP contribution is -2.54. The second kappa shape index (κ2) is 11.4. The minimum Gasteiger partial charge on any atom is -0.493 e. The lowest BCUT2D eigenvalue weighted by Gasteiger charge is -2.26. The maximum atomic E-state index is 13.2. The van der Waals surface area contributed by atoms with Crippen molar-refractivity contribution in [3.63, 3.8) is 0 Å². The van der Waals surface area contributed by atoms with E-state index in [2.05, 4.69) is 5.32 Å². The minimum absolute atomic E-state index is 0.200. The third kappa shape index (κ3) is 5.87. The van der Waals surface area contributed by atoms with Gasteiger partial charge in [-0.3, -0.25) is 14.9 Å². The van der Waals surface area contributed by atoms with Crippen LogP contribution in [0.4, 0.5) is 10.5 Å². The summed E-state index contributed by atoms with van der Waals surface area (Å²) < 4.78 is 16.6. The van der Waals surface area contributed by atoms with Crippen molar-refractivity contribution in [2.24, 2.45) is 0 Å². The van der Waals surface area contributed by atoms with Gasteiger partial charge in [-0.05, 0) is 67.1 Å². The van der Waals surface area contributed by atoms with Gasteiger partial charge < -0.3 is 14.2 Å². The maximum Gasteiger partial charge on any atom is 0.335 e. The van der Waals surface area contributed by atoms with Crippen LogP contribution in [0.1, 0.15) is 18.1 Å². The van der Waals surface area contributed by atoms with Gasteiger partial charge in [0.25, 0.3) is 11.8 Å². The maximum absolute atomic E-state index is 13.2. The Morgan fingerprint density at radius 3 is 2.35 bits per heavy atom. The Bertz CT molecular complexity index is 1390. The Hall–Kier alpha value is -4.01. The van der Waals surface area contributed by atoms with Gasteiger partial charge in [0, 0.05) is 15.6 Å². The smallest absolute Gasteiger partial charge is 0.335 e. The average molecular weight is 541 g/mol. The van der Waals surface area contributed by atoms with Crippen LogP contribution in [0, 0.1) is 0 Å². The normalized spacial score (nSPS) is 14.5. The molecule has 8 nitrogen and oxygen atoms in total. The van der Waals surface area contributed by atoms with Gasteiger partial charge >= 0.3 is 6.03 Å². The van der Waals surface area contributed by atoms with E-state index in [1.54, 1.807) is 60.7 Å². The van der Waals surface area contributed by atoms with Gasteiger partial charge in [0.15, 0.2) is 11.5 Å². The lowest BCUT2D eigenvalue weighted by molar-refractivity contribution is -0.122. The van der Waals surface area contributed by atoms with Gasteiger partial charge in [0.1, 0.15) is 17.9 Å². The van der Waals surface area contributed by atoms with Crippen LogP contribution in [-0.4, -0.2) is 31.6 Å². The average Bonchev–Trinajstić information content (AvgIpc) is 2.87. The van der Waals surface area contributed by atoms with E-state index >= 15 is 0 Å². The van der Waals surface area contributed by atoms with E-state index < -0.39 is 17.8 Å². The second-order valence-corrected chi connectivity index (χ2v) is 8.66. The summed E-state index contributed by atoms with van der Waals surface area (Å²) in [5.41, 5.74) is 1.34. The zero-order chi connectivity index (χ0) is 26.5. The predicted molar refractivity (Wildman–Crippen MR) is 140 cm³/mol. The number of hydrogen-bond acceptors (Lipinski definition) is 6. The molecule has 10 heteroatoms. The van der Waals surface area contributed by atoms with E-state index in [0.717, 1.165) is 10.5 Å². The van der Waals surface area contributed by atoms with E-state index in [-0.39, 0.29) is 17.9 Å². The fourth-order valence-corrected chi connectivity index (χ4v) is 4.06. The number of ether oxygens (including phenoxy) is 3. The summed E-state index contributed by atoms with van der Waals surface area (Å²) in [4.78, 5) is 39.1. The van der Waals surface area contributed by atoms with Crippen LogP contribution in [0.25, 0.3) is 6.08 Å². The molecule has 1 saturated heterocycles. The summed E-state index contributed by atoms with van der Waals surface area (Å²) in [5, 5.41) is 3.21. The van der Waals surface area contributed by atoms with Crippen LogP contribution >= 0.6 is 23.2 Å². The number of carbonyl (C=O) groups excluding carboxylic acids is 3. The predicted octanol–water partition coefficient (Wildman–Crippen LogP) is 5.65. The molecule has 3 aromatic rings. The summed E-state index contributed by atoms with van der Waals surface area (Å²) in [6, 6.07) is 15.6. The number of barbiturate groups is 1. The molecule has 0 aromatic heterocycles. The first-order valence-corrected chi connectivity index (χ1v) is 12.0. The third-order valence-corrected chi connectivity index (χ3v) is 5.99. The molecule has 0 saturated carbocycles. The minimum atomic E-state index is -0.849. The van der Waals surface area contributed by atoms with Gasteiger partial charge in [-0.25, -0.2) is 9.69 Å². The number of imide groups is 2. The number of urea groups is 1. The third-order valence-electron chi connectivity index (χ3n) is 5.40. The Morgan fingerprint density at radius 2 is 1.68 bits per heavy atom. The molecular formula is C27H22Cl2N2O6. The van der Waals surface area contributed by atoms with E-state index in [1.807, 2.05) is 6.92 Å². The molecule has 0 atom stereocenters. The van der Waals surface area contributed by atoms with Crippen molar-refractivity contribution in [1.82, 2.24) is 5.32 Å². The van der Waals surface area contributed by atoms with Crippen molar-refractivity contribution >= 4 is 52.8 Å². The van der Waals surface area contributed by atoms with Gasteiger partial charge in [-0.15, -0.1) is 0 Å². The fourth-order valence-electron chi connectivity index (χ4n) is 3.60.